The molecular weight excluding hydrogens is 234 g/mol. The average molecular weight is 251 g/mol. The number of hydrogen-bond donors (Lipinski definition) is 1. The summed E-state index contributed by atoms with van der Waals surface area (Å²) in [5.74, 6) is -0.433. The van der Waals surface area contributed by atoms with Crippen LogP contribution in [0, 0.1) is 0 Å². The molecule has 18 heavy (non-hydrogen) atoms. The zero-order valence-electron chi connectivity index (χ0n) is 10.8. The lowest BCUT2D eigenvalue weighted by Crippen LogP contribution is -2.17. The summed E-state index contributed by atoms with van der Waals surface area (Å²) in [7, 11) is 2.77. The Balaban J connectivity index is 2.81. The van der Waals surface area contributed by atoms with Crippen LogP contribution in [0.25, 0.3) is 0 Å². The van der Waals surface area contributed by atoms with Crippen LogP contribution in [0.3, 0.4) is 0 Å². The summed E-state index contributed by atoms with van der Waals surface area (Å²) in [5.41, 5.74) is 1.63. The Bertz CT molecular complexity index is 443. The van der Waals surface area contributed by atoms with E-state index in [0.29, 0.717) is 11.4 Å². The molecule has 98 valence electrons. The van der Waals surface area contributed by atoms with Crippen LogP contribution in [0.5, 0.6) is 5.75 Å². The smallest absolute Gasteiger partial charge is 0.315 e. The Morgan fingerprint density at radius 3 is 2.56 bits per heavy atom. The number of esters is 1. The largest absolute Gasteiger partial charge is 0.495 e. The van der Waals surface area contributed by atoms with E-state index < -0.39 is 11.9 Å². The van der Waals surface area contributed by atoms with E-state index in [-0.39, 0.29) is 6.42 Å². The Hall–Kier alpha value is -2.04. The van der Waals surface area contributed by atoms with Crippen molar-refractivity contribution >= 4 is 17.6 Å². The molecule has 0 aromatic heterocycles. The van der Waals surface area contributed by atoms with Gasteiger partial charge in [-0.15, -0.1) is 0 Å². The Morgan fingerprint density at radius 1 is 1.28 bits per heavy atom. The lowest BCUT2D eigenvalue weighted by atomic mass is 10.1. The van der Waals surface area contributed by atoms with Crippen LogP contribution < -0.4 is 10.1 Å². The first-order valence-corrected chi connectivity index (χ1v) is 5.64. The fourth-order valence-electron chi connectivity index (χ4n) is 1.47. The topological polar surface area (TPSA) is 64.6 Å². The lowest BCUT2D eigenvalue weighted by Gasteiger charge is -2.11. The summed E-state index contributed by atoms with van der Waals surface area (Å²) in [6.07, 6.45) is 0.542. The molecule has 0 saturated carbocycles. The molecule has 0 bridgehead atoms. The van der Waals surface area contributed by atoms with Crippen molar-refractivity contribution in [2.75, 3.05) is 19.5 Å². The van der Waals surface area contributed by atoms with Crippen LogP contribution in [0.1, 0.15) is 18.9 Å². The van der Waals surface area contributed by atoms with Crippen molar-refractivity contribution in [3.05, 3.63) is 23.8 Å². The Morgan fingerprint density at radius 2 is 2.00 bits per heavy atom. The number of nitrogens with one attached hydrogen (secondary N) is 1. The van der Waals surface area contributed by atoms with Crippen LogP contribution in [-0.2, 0) is 20.7 Å². The first-order valence-electron chi connectivity index (χ1n) is 5.64. The van der Waals surface area contributed by atoms with Crippen LogP contribution in [-0.4, -0.2) is 26.1 Å². The fraction of sp³-hybridized carbons (Fsp3) is 0.385. The van der Waals surface area contributed by atoms with Gasteiger partial charge in [0.05, 0.1) is 19.9 Å². The van der Waals surface area contributed by atoms with Crippen molar-refractivity contribution < 1.29 is 19.1 Å². The Kier molecular flexibility index (Phi) is 5.17. The maximum absolute atomic E-state index is 11.6. The van der Waals surface area contributed by atoms with Gasteiger partial charge < -0.3 is 14.8 Å². The Labute approximate surface area is 106 Å². The highest BCUT2D eigenvalue weighted by Gasteiger charge is 2.12. The predicted octanol–water partition coefficient (Wildman–Crippen LogP) is 1.76. The van der Waals surface area contributed by atoms with Gasteiger partial charge in [-0.1, -0.05) is 13.0 Å². The van der Waals surface area contributed by atoms with Gasteiger partial charge in [0.1, 0.15) is 12.2 Å². The van der Waals surface area contributed by atoms with Crippen LogP contribution in [0.2, 0.25) is 0 Å². The standard InChI is InChI=1S/C13H17NO4/c1-4-9-5-6-11(17-2)10(7-9)14-12(15)8-13(16)18-3/h5-7H,4,8H2,1-3H3,(H,14,15). The zero-order chi connectivity index (χ0) is 13.5. The maximum Gasteiger partial charge on any atom is 0.315 e. The number of carbonyl (C=O) groups excluding carboxylic acids is 2. The molecule has 0 atom stereocenters. The molecule has 0 aliphatic heterocycles. The molecule has 0 fully saturated rings. The number of hydrogen-bond acceptors (Lipinski definition) is 4. The molecule has 1 rings (SSSR count). The summed E-state index contributed by atoms with van der Waals surface area (Å²) >= 11 is 0. The molecule has 0 spiro atoms. The fourth-order valence-corrected chi connectivity index (χ4v) is 1.47. The quantitative estimate of drug-likeness (QED) is 0.639. The van der Waals surface area contributed by atoms with Gasteiger partial charge in [0, 0.05) is 0 Å². The van der Waals surface area contributed by atoms with Crippen molar-refractivity contribution in [3.63, 3.8) is 0 Å². The monoisotopic (exact) mass is 251 g/mol. The van der Waals surface area contributed by atoms with E-state index in [0.717, 1.165) is 12.0 Å². The summed E-state index contributed by atoms with van der Waals surface area (Å²) in [5, 5.41) is 2.64. The third kappa shape index (κ3) is 3.76. The molecule has 1 aromatic carbocycles. The van der Waals surface area contributed by atoms with E-state index in [1.165, 1.54) is 14.2 Å². The molecule has 0 heterocycles. The van der Waals surface area contributed by atoms with E-state index in [9.17, 15) is 9.59 Å². The number of methoxy groups -OCH3 is 2. The summed E-state index contributed by atoms with van der Waals surface area (Å²) in [6, 6.07) is 5.54. The third-order valence-electron chi connectivity index (χ3n) is 2.48. The molecule has 5 nitrogen and oxygen atoms in total. The van der Waals surface area contributed by atoms with Gasteiger partial charge >= 0.3 is 5.97 Å². The third-order valence-corrected chi connectivity index (χ3v) is 2.48. The maximum atomic E-state index is 11.6. The van der Waals surface area contributed by atoms with E-state index in [4.69, 9.17) is 4.74 Å². The van der Waals surface area contributed by atoms with E-state index in [1.54, 1.807) is 6.07 Å². The molecule has 0 saturated heterocycles. The van der Waals surface area contributed by atoms with Gasteiger partial charge in [-0.05, 0) is 24.1 Å². The molecule has 1 aromatic rings. The number of rotatable bonds is 5. The van der Waals surface area contributed by atoms with Crippen molar-refractivity contribution in [1.29, 1.82) is 0 Å². The minimum absolute atomic E-state index is 0.310. The minimum atomic E-state index is -0.571. The summed E-state index contributed by atoms with van der Waals surface area (Å²) < 4.78 is 9.58. The second-order valence-electron chi connectivity index (χ2n) is 3.69. The van der Waals surface area contributed by atoms with Crippen molar-refractivity contribution in [2.24, 2.45) is 0 Å². The normalized spacial score (nSPS) is 9.72. The summed E-state index contributed by atoms with van der Waals surface area (Å²) in [4.78, 5) is 22.6. The second kappa shape index (κ2) is 6.64. The highest BCUT2D eigenvalue weighted by atomic mass is 16.5. The number of aryl methyl sites for hydroxylation is 1. The molecule has 0 aliphatic rings. The molecule has 1 N–H and O–H groups in total. The molecule has 5 heteroatoms. The molecule has 0 radical (unpaired) electrons. The number of benzene rings is 1. The van der Waals surface area contributed by atoms with E-state index >= 15 is 0 Å². The number of ether oxygens (including phenoxy) is 2. The van der Waals surface area contributed by atoms with Crippen LogP contribution in [0.4, 0.5) is 5.69 Å². The van der Waals surface area contributed by atoms with E-state index in [1.807, 2.05) is 19.1 Å². The van der Waals surface area contributed by atoms with Gasteiger partial charge in [-0.3, -0.25) is 9.59 Å². The predicted molar refractivity (Wildman–Crippen MR) is 67.6 cm³/mol. The van der Waals surface area contributed by atoms with Crippen LogP contribution in [0.15, 0.2) is 18.2 Å². The second-order valence-corrected chi connectivity index (χ2v) is 3.69. The molecule has 1 amide bonds. The SMILES string of the molecule is CCc1ccc(OC)c(NC(=O)CC(=O)OC)c1. The number of anilines is 1. The number of carbonyl (C=O) groups is 2. The number of amides is 1. The van der Waals surface area contributed by atoms with Crippen molar-refractivity contribution in [3.8, 4) is 5.75 Å². The lowest BCUT2D eigenvalue weighted by molar-refractivity contribution is -0.142. The van der Waals surface area contributed by atoms with Gasteiger partial charge in [0.25, 0.3) is 0 Å². The van der Waals surface area contributed by atoms with Gasteiger partial charge in [0.15, 0.2) is 0 Å². The molecule has 0 unspecified atom stereocenters. The van der Waals surface area contributed by atoms with Gasteiger partial charge in [-0.25, -0.2) is 0 Å². The van der Waals surface area contributed by atoms with Crippen molar-refractivity contribution in [1.82, 2.24) is 0 Å². The van der Waals surface area contributed by atoms with Crippen LogP contribution >= 0.6 is 0 Å². The average Bonchev–Trinajstić information content (AvgIpc) is 2.38. The zero-order valence-corrected chi connectivity index (χ0v) is 10.8. The molecular formula is C13H17NO4. The highest BCUT2D eigenvalue weighted by Crippen LogP contribution is 2.25. The molecule has 0 aliphatic carbocycles. The van der Waals surface area contributed by atoms with Crippen molar-refractivity contribution in [2.45, 2.75) is 19.8 Å². The van der Waals surface area contributed by atoms with Gasteiger partial charge in [-0.2, -0.15) is 0 Å². The first-order chi connectivity index (χ1) is 8.60. The minimum Gasteiger partial charge on any atom is -0.495 e. The summed E-state index contributed by atoms with van der Waals surface area (Å²) in [6.45, 7) is 2.02. The first kappa shape index (κ1) is 14.0. The highest BCUT2D eigenvalue weighted by molar-refractivity contribution is 6.02. The van der Waals surface area contributed by atoms with E-state index in [2.05, 4.69) is 10.1 Å². The van der Waals surface area contributed by atoms with Gasteiger partial charge in [0.2, 0.25) is 5.91 Å².